The highest BCUT2D eigenvalue weighted by Gasteiger charge is 2.15. The molecular weight excluding hydrogens is 432 g/mol. The minimum absolute atomic E-state index is 0.149. The van der Waals surface area contributed by atoms with E-state index >= 15 is 0 Å². The predicted octanol–water partition coefficient (Wildman–Crippen LogP) is 6.71. The summed E-state index contributed by atoms with van der Waals surface area (Å²) in [6, 6.07) is 20.5. The number of anilines is 1. The molecule has 2 N–H and O–H groups in total. The molecule has 0 bridgehead atoms. The van der Waals surface area contributed by atoms with Crippen LogP contribution in [0.4, 0.5) is 5.69 Å². The van der Waals surface area contributed by atoms with Crippen molar-refractivity contribution in [2.24, 2.45) is 0 Å². The maximum Gasteiger partial charge on any atom is 0.272 e. The predicted molar refractivity (Wildman–Crippen MR) is 136 cm³/mol. The Morgan fingerprint density at radius 3 is 2.27 bits per heavy atom. The zero-order valence-corrected chi connectivity index (χ0v) is 20.0. The normalized spacial score (nSPS) is 11.2. The molecule has 3 rings (SSSR count). The van der Waals surface area contributed by atoms with Crippen LogP contribution in [0.5, 0.6) is 0 Å². The molecule has 0 saturated heterocycles. The van der Waals surface area contributed by atoms with Gasteiger partial charge in [0.2, 0.25) is 0 Å². The number of benzene rings is 3. The summed E-state index contributed by atoms with van der Waals surface area (Å²) >= 11 is 6.19. The van der Waals surface area contributed by atoms with Crippen LogP contribution in [0, 0.1) is 13.8 Å². The summed E-state index contributed by atoms with van der Waals surface area (Å²) in [4.78, 5) is 26.0. The molecule has 0 unspecified atom stereocenters. The van der Waals surface area contributed by atoms with Crippen LogP contribution < -0.4 is 10.6 Å². The lowest BCUT2D eigenvalue weighted by Crippen LogP contribution is -2.30. The summed E-state index contributed by atoms with van der Waals surface area (Å²) in [6.45, 7) is 6.04. The van der Waals surface area contributed by atoms with Gasteiger partial charge in [0.1, 0.15) is 5.70 Å². The van der Waals surface area contributed by atoms with Crippen molar-refractivity contribution >= 4 is 35.2 Å². The molecule has 33 heavy (non-hydrogen) atoms. The van der Waals surface area contributed by atoms with Crippen molar-refractivity contribution in [1.82, 2.24) is 5.32 Å². The molecule has 0 atom stereocenters. The first-order chi connectivity index (χ1) is 15.9. The quantitative estimate of drug-likeness (QED) is 0.367. The van der Waals surface area contributed by atoms with E-state index in [9.17, 15) is 9.59 Å². The summed E-state index contributed by atoms with van der Waals surface area (Å²) in [5.41, 5.74) is 5.23. The van der Waals surface area contributed by atoms with Gasteiger partial charge in [-0.2, -0.15) is 0 Å². The molecule has 0 aliphatic rings. The van der Waals surface area contributed by atoms with Crippen LogP contribution >= 0.6 is 11.6 Å². The fourth-order valence-corrected chi connectivity index (χ4v) is 3.44. The zero-order valence-electron chi connectivity index (χ0n) is 19.2. The SMILES string of the molecule is CCCCc1ccc(C(=O)NC(=Cc2ccc(C)cc2)C(=O)Nc2ccc(C)c(Cl)c2)cc1. The third-order valence-corrected chi connectivity index (χ3v) is 5.75. The zero-order chi connectivity index (χ0) is 23.8. The number of carbonyl (C=O) groups excluding carboxylic acids is 2. The molecular formula is C28H29ClN2O2. The molecule has 170 valence electrons. The summed E-state index contributed by atoms with van der Waals surface area (Å²) in [5, 5.41) is 6.17. The summed E-state index contributed by atoms with van der Waals surface area (Å²) in [5.74, 6) is -0.768. The summed E-state index contributed by atoms with van der Waals surface area (Å²) in [7, 11) is 0. The maximum absolute atomic E-state index is 13.1. The Kier molecular flexibility index (Phi) is 8.45. The lowest BCUT2D eigenvalue weighted by atomic mass is 10.1. The van der Waals surface area contributed by atoms with Crippen LogP contribution in [0.2, 0.25) is 5.02 Å². The Hall–Kier alpha value is -3.37. The van der Waals surface area contributed by atoms with E-state index in [1.165, 1.54) is 5.56 Å². The first-order valence-electron chi connectivity index (χ1n) is 11.1. The van der Waals surface area contributed by atoms with Gasteiger partial charge in [-0.15, -0.1) is 0 Å². The van der Waals surface area contributed by atoms with Crippen LogP contribution in [-0.4, -0.2) is 11.8 Å². The van der Waals surface area contributed by atoms with Gasteiger partial charge in [0.25, 0.3) is 11.8 Å². The molecule has 0 aliphatic carbocycles. The number of nitrogens with one attached hydrogen (secondary N) is 2. The minimum atomic E-state index is -0.427. The average molecular weight is 461 g/mol. The molecule has 3 aromatic rings. The number of aryl methyl sites for hydroxylation is 3. The number of hydrogen-bond acceptors (Lipinski definition) is 2. The van der Waals surface area contributed by atoms with E-state index in [1.807, 2.05) is 56.3 Å². The largest absolute Gasteiger partial charge is 0.321 e. The van der Waals surface area contributed by atoms with Crippen molar-refractivity contribution in [2.45, 2.75) is 40.0 Å². The molecule has 3 aromatic carbocycles. The molecule has 5 heteroatoms. The number of amides is 2. The first kappa shape index (κ1) is 24.3. The van der Waals surface area contributed by atoms with Gasteiger partial charge in [-0.1, -0.05) is 73.0 Å². The second-order valence-corrected chi connectivity index (χ2v) is 8.55. The lowest BCUT2D eigenvalue weighted by Gasteiger charge is -2.12. The van der Waals surface area contributed by atoms with Gasteiger partial charge < -0.3 is 10.6 Å². The summed E-state index contributed by atoms with van der Waals surface area (Å²) in [6.07, 6.45) is 4.88. The van der Waals surface area contributed by atoms with Gasteiger partial charge in [0.15, 0.2) is 0 Å². The number of halogens is 1. The second kappa shape index (κ2) is 11.5. The van der Waals surface area contributed by atoms with E-state index in [0.29, 0.717) is 16.3 Å². The third kappa shape index (κ3) is 7.06. The van der Waals surface area contributed by atoms with E-state index in [-0.39, 0.29) is 11.6 Å². The number of rotatable bonds is 8. The molecule has 0 radical (unpaired) electrons. The molecule has 0 aromatic heterocycles. The Morgan fingerprint density at radius 2 is 1.64 bits per heavy atom. The highest BCUT2D eigenvalue weighted by atomic mass is 35.5. The maximum atomic E-state index is 13.1. The topological polar surface area (TPSA) is 58.2 Å². The average Bonchev–Trinajstić information content (AvgIpc) is 2.81. The highest BCUT2D eigenvalue weighted by molar-refractivity contribution is 6.31. The van der Waals surface area contributed by atoms with E-state index in [0.717, 1.165) is 36.0 Å². The van der Waals surface area contributed by atoms with Gasteiger partial charge in [-0.3, -0.25) is 9.59 Å². The minimum Gasteiger partial charge on any atom is -0.321 e. The fourth-order valence-electron chi connectivity index (χ4n) is 3.25. The summed E-state index contributed by atoms with van der Waals surface area (Å²) < 4.78 is 0. The Labute approximate surface area is 200 Å². The van der Waals surface area contributed by atoms with Gasteiger partial charge in [0.05, 0.1) is 0 Å². The lowest BCUT2D eigenvalue weighted by molar-refractivity contribution is -0.113. The van der Waals surface area contributed by atoms with Gasteiger partial charge >= 0.3 is 0 Å². The van der Waals surface area contributed by atoms with Crippen molar-refractivity contribution < 1.29 is 9.59 Å². The van der Waals surface area contributed by atoms with Gasteiger partial charge in [-0.25, -0.2) is 0 Å². The van der Waals surface area contributed by atoms with Crippen molar-refractivity contribution in [1.29, 1.82) is 0 Å². The molecule has 0 heterocycles. The van der Waals surface area contributed by atoms with Crippen molar-refractivity contribution in [3.8, 4) is 0 Å². The Morgan fingerprint density at radius 1 is 0.939 bits per heavy atom. The monoisotopic (exact) mass is 460 g/mol. The van der Waals surface area contributed by atoms with Crippen LogP contribution in [0.3, 0.4) is 0 Å². The fraction of sp³-hybridized carbons (Fsp3) is 0.214. The number of carbonyl (C=O) groups is 2. The Balaban J connectivity index is 1.83. The van der Waals surface area contributed by atoms with Crippen LogP contribution in [0.25, 0.3) is 6.08 Å². The highest BCUT2D eigenvalue weighted by Crippen LogP contribution is 2.20. The molecule has 0 aliphatic heterocycles. The molecule has 0 spiro atoms. The van der Waals surface area contributed by atoms with Crippen molar-refractivity contribution in [3.63, 3.8) is 0 Å². The Bertz CT molecular complexity index is 1150. The van der Waals surface area contributed by atoms with Gasteiger partial charge in [-0.05, 0) is 73.7 Å². The van der Waals surface area contributed by atoms with Crippen LogP contribution in [0.15, 0.2) is 72.4 Å². The van der Waals surface area contributed by atoms with Gasteiger partial charge in [0, 0.05) is 16.3 Å². The van der Waals surface area contributed by atoms with Crippen LogP contribution in [-0.2, 0) is 11.2 Å². The molecule has 4 nitrogen and oxygen atoms in total. The first-order valence-corrected chi connectivity index (χ1v) is 11.5. The number of unbranched alkanes of at least 4 members (excludes halogenated alkanes) is 1. The van der Waals surface area contributed by atoms with E-state index < -0.39 is 5.91 Å². The number of hydrogen-bond donors (Lipinski definition) is 2. The molecule has 2 amide bonds. The molecule has 0 saturated carbocycles. The standard InChI is InChI=1S/C28H29ClN2O2/c1-4-5-6-21-12-14-23(15-13-21)27(32)31-26(17-22-10-7-19(2)8-11-22)28(33)30-24-16-9-20(3)25(29)18-24/h7-18H,4-6H2,1-3H3,(H,30,33)(H,31,32). The smallest absolute Gasteiger partial charge is 0.272 e. The second-order valence-electron chi connectivity index (χ2n) is 8.14. The van der Waals surface area contributed by atoms with Crippen molar-refractivity contribution in [3.05, 3.63) is 105 Å². The van der Waals surface area contributed by atoms with E-state index in [2.05, 4.69) is 17.6 Å². The van der Waals surface area contributed by atoms with E-state index in [1.54, 1.807) is 30.3 Å². The van der Waals surface area contributed by atoms with Crippen molar-refractivity contribution in [2.75, 3.05) is 5.32 Å². The third-order valence-electron chi connectivity index (χ3n) is 5.35. The molecule has 0 fully saturated rings. The van der Waals surface area contributed by atoms with Crippen LogP contribution in [0.1, 0.15) is 52.4 Å². The van der Waals surface area contributed by atoms with E-state index in [4.69, 9.17) is 11.6 Å².